The Kier molecular flexibility index (Phi) is 5.66. The Morgan fingerprint density at radius 3 is 2.75 bits per heavy atom. The van der Waals surface area contributed by atoms with E-state index in [0.29, 0.717) is 6.54 Å². The van der Waals surface area contributed by atoms with Gasteiger partial charge in [0.15, 0.2) is 0 Å². The lowest BCUT2D eigenvalue weighted by atomic mass is 10.1. The molecule has 1 saturated heterocycles. The van der Waals surface area contributed by atoms with Crippen molar-refractivity contribution in [2.45, 2.75) is 25.7 Å². The topological polar surface area (TPSA) is 57.3 Å². The molecule has 3 rings (SSSR count). The fourth-order valence-electron chi connectivity index (χ4n) is 2.96. The van der Waals surface area contributed by atoms with E-state index in [2.05, 4.69) is 26.6 Å². The number of aromatic nitrogens is 1. The monoisotopic (exact) mass is 324 g/mol. The van der Waals surface area contributed by atoms with Crippen LogP contribution >= 0.6 is 0 Å². The normalized spacial score (nSPS) is 14.2. The van der Waals surface area contributed by atoms with Gasteiger partial charge >= 0.3 is 6.03 Å². The van der Waals surface area contributed by atoms with Crippen molar-refractivity contribution in [1.82, 2.24) is 10.3 Å². The molecule has 5 nitrogen and oxygen atoms in total. The summed E-state index contributed by atoms with van der Waals surface area (Å²) in [4.78, 5) is 18.7. The standard InChI is InChI=1S/C19H24N4O/c24-19(21-12-10-16-7-2-3-11-20-16)22-17-8-6-9-18(15-17)23-13-4-1-5-14-23/h2-3,6-9,11,15H,1,4-5,10,12-14H2,(H2,21,22,24). The molecule has 2 aromatic rings. The molecule has 0 saturated carbocycles. The van der Waals surface area contributed by atoms with E-state index in [1.54, 1.807) is 6.20 Å². The summed E-state index contributed by atoms with van der Waals surface area (Å²) in [5.41, 5.74) is 2.99. The van der Waals surface area contributed by atoms with E-state index in [1.165, 1.54) is 24.9 Å². The average molecular weight is 324 g/mol. The molecule has 126 valence electrons. The molecule has 2 amide bonds. The Hall–Kier alpha value is -2.56. The van der Waals surface area contributed by atoms with Crippen LogP contribution in [0.15, 0.2) is 48.7 Å². The van der Waals surface area contributed by atoms with Crippen LogP contribution in [0.4, 0.5) is 16.2 Å². The fraction of sp³-hybridized carbons (Fsp3) is 0.368. The number of hydrogen-bond acceptors (Lipinski definition) is 3. The fourth-order valence-corrected chi connectivity index (χ4v) is 2.96. The van der Waals surface area contributed by atoms with Crippen LogP contribution in [-0.2, 0) is 6.42 Å². The summed E-state index contributed by atoms with van der Waals surface area (Å²) in [5.74, 6) is 0. The molecule has 1 aliphatic heterocycles. The number of amides is 2. The minimum atomic E-state index is -0.179. The SMILES string of the molecule is O=C(NCCc1ccccn1)Nc1cccc(N2CCCCC2)c1. The molecule has 0 aliphatic carbocycles. The minimum Gasteiger partial charge on any atom is -0.371 e. The van der Waals surface area contributed by atoms with Gasteiger partial charge in [0, 0.05) is 49.3 Å². The number of urea groups is 1. The first-order valence-electron chi connectivity index (χ1n) is 8.61. The number of carbonyl (C=O) groups excluding carboxylic acids is 1. The lowest BCUT2D eigenvalue weighted by Gasteiger charge is -2.29. The number of pyridine rings is 1. The first-order chi connectivity index (χ1) is 11.8. The molecule has 5 heteroatoms. The van der Waals surface area contributed by atoms with Crippen LogP contribution in [0.2, 0.25) is 0 Å². The number of benzene rings is 1. The summed E-state index contributed by atoms with van der Waals surface area (Å²) >= 11 is 0. The van der Waals surface area contributed by atoms with Crippen molar-refractivity contribution in [3.05, 3.63) is 54.4 Å². The first kappa shape index (κ1) is 16.3. The van der Waals surface area contributed by atoms with Crippen molar-refractivity contribution >= 4 is 17.4 Å². The summed E-state index contributed by atoms with van der Waals surface area (Å²) in [5, 5.41) is 5.79. The number of rotatable bonds is 5. The molecule has 1 aromatic heterocycles. The highest BCUT2D eigenvalue weighted by molar-refractivity contribution is 5.89. The van der Waals surface area contributed by atoms with Gasteiger partial charge in [-0.3, -0.25) is 4.98 Å². The Balaban J connectivity index is 1.49. The summed E-state index contributed by atoms with van der Waals surface area (Å²) in [6.07, 6.45) is 6.29. The maximum atomic E-state index is 12.0. The van der Waals surface area contributed by atoms with Crippen molar-refractivity contribution in [2.75, 3.05) is 29.9 Å². The van der Waals surface area contributed by atoms with Crippen LogP contribution in [-0.4, -0.2) is 30.6 Å². The quantitative estimate of drug-likeness (QED) is 0.886. The van der Waals surface area contributed by atoms with Gasteiger partial charge in [-0.05, 0) is 49.6 Å². The van der Waals surface area contributed by atoms with Crippen molar-refractivity contribution in [1.29, 1.82) is 0 Å². The second-order valence-corrected chi connectivity index (χ2v) is 6.05. The lowest BCUT2D eigenvalue weighted by Crippen LogP contribution is -2.31. The highest BCUT2D eigenvalue weighted by Gasteiger charge is 2.11. The van der Waals surface area contributed by atoms with E-state index >= 15 is 0 Å². The lowest BCUT2D eigenvalue weighted by molar-refractivity contribution is 0.252. The van der Waals surface area contributed by atoms with Gasteiger partial charge in [-0.1, -0.05) is 12.1 Å². The van der Waals surface area contributed by atoms with Crippen LogP contribution in [0.3, 0.4) is 0 Å². The van der Waals surface area contributed by atoms with E-state index in [9.17, 15) is 4.79 Å². The van der Waals surface area contributed by atoms with E-state index in [-0.39, 0.29) is 6.03 Å². The number of anilines is 2. The molecular weight excluding hydrogens is 300 g/mol. The number of hydrogen-bond donors (Lipinski definition) is 2. The molecule has 2 heterocycles. The average Bonchev–Trinajstić information content (AvgIpc) is 2.63. The van der Waals surface area contributed by atoms with Crippen molar-refractivity contribution in [3.8, 4) is 0 Å². The minimum absolute atomic E-state index is 0.179. The van der Waals surface area contributed by atoms with E-state index in [1.807, 2.05) is 36.4 Å². The summed E-state index contributed by atoms with van der Waals surface area (Å²) in [7, 11) is 0. The van der Waals surface area contributed by atoms with Crippen molar-refractivity contribution < 1.29 is 4.79 Å². The maximum Gasteiger partial charge on any atom is 0.319 e. The summed E-state index contributed by atoms with van der Waals surface area (Å²) in [6.45, 7) is 2.76. The Labute approximate surface area is 143 Å². The van der Waals surface area contributed by atoms with Gasteiger partial charge in [0.1, 0.15) is 0 Å². The van der Waals surface area contributed by atoms with Gasteiger partial charge in [0.25, 0.3) is 0 Å². The number of carbonyl (C=O) groups is 1. The molecule has 1 fully saturated rings. The molecule has 24 heavy (non-hydrogen) atoms. The van der Waals surface area contributed by atoms with Crippen LogP contribution < -0.4 is 15.5 Å². The zero-order chi connectivity index (χ0) is 16.6. The molecule has 0 atom stereocenters. The molecule has 0 bridgehead atoms. The third-order valence-electron chi connectivity index (χ3n) is 4.22. The van der Waals surface area contributed by atoms with Crippen LogP contribution in [0.1, 0.15) is 25.0 Å². The van der Waals surface area contributed by atoms with Crippen molar-refractivity contribution in [3.63, 3.8) is 0 Å². The number of nitrogens with zero attached hydrogens (tertiary/aromatic N) is 2. The molecule has 2 N–H and O–H groups in total. The van der Waals surface area contributed by atoms with Gasteiger partial charge in [0.2, 0.25) is 0 Å². The number of nitrogens with one attached hydrogen (secondary N) is 2. The molecular formula is C19H24N4O. The van der Waals surface area contributed by atoms with Crippen LogP contribution in [0.5, 0.6) is 0 Å². The Morgan fingerprint density at radius 2 is 1.96 bits per heavy atom. The Bertz CT molecular complexity index is 653. The summed E-state index contributed by atoms with van der Waals surface area (Å²) < 4.78 is 0. The van der Waals surface area contributed by atoms with Gasteiger partial charge in [0.05, 0.1) is 0 Å². The van der Waals surface area contributed by atoms with E-state index in [0.717, 1.165) is 30.9 Å². The highest BCUT2D eigenvalue weighted by atomic mass is 16.2. The molecule has 0 unspecified atom stereocenters. The zero-order valence-corrected chi connectivity index (χ0v) is 13.9. The molecule has 1 aromatic carbocycles. The number of piperidine rings is 1. The smallest absolute Gasteiger partial charge is 0.319 e. The third kappa shape index (κ3) is 4.72. The third-order valence-corrected chi connectivity index (χ3v) is 4.22. The van der Waals surface area contributed by atoms with Gasteiger partial charge in [-0.2, -0.15) is 0 Å². The molecule has 0 radical (unpaired) electrons. The first-order valence-corrected chi connectivity index (χ1v) is 8.61. The predicted molar refractivity (Wildman–Crippen MR) is 97.5 cm³/mol. The van der Waals surface area contributed by atoms with E-state index in [4.69, 9.17) is 0 Å². The predicted octanol–water partition coefficient (Wildman–Crippen LogP) is 3.44. The second kappa shape index (κ2) is 8.34. The van der Waals surface area contributed by atoms with E-state index < -0.39 is 0 Å². The molecule has 1 aliphatic rings. The summed E-state index contributed by atoms with van der Waals surface area (Å²) in [6, 6.07) is 13.7. The zero-order valence-electron chi connectivity index (χ0n) is 13.9. The maximum absolute atomic E-state index is 12.0. The van der Waals surface area contributed by atoms with Gasteiger partial charge < -0.3 is 15.5 Å². The van der Waals surface area contributed by atoms with Gasteiger partial charge in [-0.15, -0.1) is 0 Å². The largest absolute Gasteiger partial charge is 0.371 e. The molecule has 0 spiro atoms. The Morgan fingerprint density at radius 1 is 1.08 bits per heavy atom. The van der Waals surface area contributed by atoms with Crippen LogP contribution in [0.25, 0.3) is 0 Å². The highest BCUT2D eigenvalue weighted by Crippen LogP contribution is 2.22. The van der Waals surface area contributed by atoms with Gasteiger partial charge in [-0.25, -0.2) is 4.79 Å². The van der Waals surface area contributed by atoms with Crippen LogP contribution in [0, 0.1) is 0 Å². The van der Waals surface area contributed by atoms with Crippen molar-refractivity contribution in [2.24, 2.45) is 0 Å². The second-order valence-electron chi connectivity index (χ2n) is 6.05.